The van der Waals surface area contributed by atoms with E-state index in [0.29, 0.717) is 11.4 Å². The molecule has 3 aromatic heterocycles. The molecule has 0 aliphatic carbocycles. The maximum atomic E-state index is 12.9. The number of piperidine rings is 1. The molecule has 1 aliphatic rings. The quantitative estimate of drug-likeness (QED) is 0.488. The number of likely N-dealkylation sites (tertiary alicyclic amines) is 1. The van der Waals surface area contributed by atoms with E-state index in [1.54, 1.807) is 12.3 Å². The van der Waals surface area contributed by atoms with Crippen LogP contribution in [0.15, 0.2) is 55.0 Å². The smallest absolute Gasteiger partial charge is 0.276 e. The lowest BCUT2D eigenvalue weighted by atomic mass is 10.0. The average Bonchev–Trinajstić information content (AvgIpc) is 3.23. The van der Waals surface area contributed by atoms with E-state index in [-0.39, 0.29) is 5.91 Å². The average molecular weight is 427 g/mol. The van der Waals surface area contributed by atoms with Gasteiger partial charge in [-0.1, -0.05) is 12.5 Å². The molecule has 4 heterocycles. The Balaban J connectivity index is 1.41. The third-order valence-corrected chi connectivity index (χ3v) is 5.92. The first kappa shape index (κ1) is 20.3. The summed E-state index contributed by atoms with van der Waals surface area (Å²) in [6, 6.07) is 11.8. The van der Waals surface area contributed by atoms with Crippen LogP contribution in [0.4, 0.5) is 5.69 Å². The van der Waals surface area contributed by atoms with Crippen molar-refractivity contribution in [2.75, 3.05) is 18.4 Å². The molecule has 0 saturated carbocycles. The van der Waals surface area contributed by atoms with Gasteiger partial charge in [0.25, 0.3) is 5.91 Å². The number of carbonyl (C=O) groups is 1. The van der Waals surface area contributed by atoms with Gasteiger partial charge in [-0.3, -0.25) is 24.8 Å². The van der Waals surface area contributed by atoms with Gasteiger partial charge >= 0.3 is 0 Å². The highest BCUT2D eigenvalue weighted by molar-refractivity contribution is 6.11. The zero-order valence-corrected chi connectivity index (χ0v) is 18.1. The number of rotatable bonds is 5. The number of nitrogens with zero attached hydrogens (tertiary/aromatic N) is 4. The normalized spacial score (nSPS) is 14.5. The Hall–Kier alpha value is -3.58. The van der Waals surface area contributed by atoms with E-state index >= 15 is 0 Å². The molecule has 0 radical (unpaired) electrons. The van der Waals surface area contributed by atoms with Gasteiger partial charge in [0.05, 0.1) is 5.52 Å². The third-order valence-electron chi connectivity index (χ3n) is 5.92. The minimum absolute atomic E-state index is 0.254. The largest absolute Gasteiger partial charge is 0.320 e. The molecular weight excluding hydrogens is 400 g/mol. The number of amides is 1. The number of aromatic amines is 1. The van der Waals surface area contributed by atoms with Crippen LogP contribution in [0.1, 0.15) is 41.0 Å². The van der Waals surface area contributed by atoms with Crippen LogP contribution < -0.4 is 5.32 Å². The molecule has 2 N–H and O–H groups in total. The van der Waals surface area contributed by atoms with E-state index < -0.39 is 0 Å². The SMILES string of the molecule is Cc1cc(NC(=O)c2n[nH]c3ccc(-c4cncc(CN5CCCCC5)c4)cc23)ccn1. The summed E-state index contributed by atoms with van der Waals surface area (Å²) in [7, 11) is 0. The van der Waals surface area contributed by atoms with Crippen molar-refractivity contribution >= 4 is 22.5 Å². The summed E-state index contributed by atoms with van der Waals surface area (Å²) in [6.45, 7) is 5.12. The van der Waals surface area contributed by atoms with Crippen molar-refractivity contribution in [2.45, 2.75) is 32.7 Å². The fourth-order valence-electron chi connectivity index (χ4n) is 4.29. The highest BCUT2D eigenvalue weighted by Crippen LogP contribution is 2.26. The molecule has 1 aliphatic heterocycles. The van der Waals surface area contributed by atoms with Gasteiger partial charge in [-0.25, -0.2) is 0 Å². The zero-order valence-electron chi connectivity index (χ0n) is 18.1. The summed E-state index contributed by atoms with van der Waals surface area (Å²) < 4.78 is 0. The molecule has 5 rings (SSSR count). The molecule has 32 heavy (non-hydrogen) atoms. The van der Waals surface area contributed by atoms with Crippen LogP contribution in [0, 0.1) is 6.92 Å². The van der Waals surface area contributed by atoms with Crippen molar-refractivity contribution in [3.05, 3.63) is 71.9 Å². The number of pyridine rings is 2. The van der Waals surface area contributed by atoms with Crippen molar-refractivity contribution in [3.8, 4) is 11.1 Å². The second kappa shape index (κ2) is 8.88. The Labute approximate surface area is 186 Å². The van der Waals surface area contributed by atoms with Crippen molar-refractivity contribution in [1.82, 2.24) is 25.1 Å². The highest BCUT2D eigenvalue weighted by Gasteiger charge is 2.16. The fourth-order valence-corrected chi connectivity index (χ4v) is 4.29. The summed E-state index contributed by atoms with van der Waals surface area (Å²) in [5.74, 6) is -0.254. The maximum absolute atomic E-state index is 12.9. The molecule has 1 amide bonds. The molecule has 0 bridgehead atoms. The number of H-pyrrole nitrogens is 1. The minimum Gasteiger partial charge on any atom is -0.320 e. The summed E-state index contributed by atoms with van der Waals surface area (Å²) in [5.41, 5.74) is 6.00. The van der Waals surface area contributed by atoms with Gasteiger partial charge in [-0.2, -0.15) is 5.10 Å². The first-order valence-electron chi connectivity index (χ1n) is 11.0. The van der Waals surface area contributed by atoms with Gasteiger partial charge in [0, 0.05) is 47.5 Å². The number of aryl methyl sites for hydroxylation is 1. The Morgan fingerprint density at radius 3 is 2.78 bits per heavy atom. The van der Waals surface area contributed by atoms with Crippen LogP contribution in [0.25, 0.3) is 22.0 Å². The fraction of sp³-hybridized carbons (Fsp3) is 0.280. The number of anilines is 1. The van der Waals surface area contributed by atoms with E-state index in [1.165, 1.54) is 24.8 Å². The van der Waals surface area contributed by atoms with Crippen molar-refractivity contribution in [2.24, 2.45) is 0 Å². The number of hydrogen-bond donors (Lipinski definition) is 2. The van der Waals surface area contributed by atoms with E-state index in [4.69, 9.17) is 0 Å². The van der Waals surface area contributed by atoms with Crippen molar-refractivity contribution in [1.29, 1.82) is 0 Å². The molecule has 0 atom stereocenters. The van der Waals surface area contributed by atoms with Crippen LogP contribution in [0.2, 0.25) is 0 Å². The number of nitrogens with one attached hydrogen (secondary N) is 2. The Morgan fingerprint density at radius 1 is 1.06 bits per heavy atom. The minimum atomic E-state index is -0.254. The topological polar surface area (TPSA) is 86.8 Å². The lowest BCUT2D eigenvalue weighted by Crippen LogP contribution is -2.29. The number of carbonyl (C=O) groups excluding carboxylic acids is 1. The molecule has 1 saturated heterocycles. The zero-order chi connectivity index (χ0) is 21.9. The molecule has 7 heteroatoms. The summed E-state index contributed by atoms with van der Waals surface area (Å²) in [5, 5.41) is 10.9. The standard InChI is InChI=1S/C25H26N6O/c1-17-11-21(7-8-27-17)28-25(32)24-22-13-19(5-6-23(22)29-30-24)20-12-18(14-26-15-20)16-31-9-3-2-4-10-31/h5-8,11-15H,2-4,9-10,16H2,1H3,(H,29,30)(H,27,28,32). The third kappa shape index (κ3) is 4.38. The Bertz CT molecular complexity index is 1260. The predicted molar refractivity (Wildman–Crippen MR) is 125 cm³/mol. The van der Waals surface area contributed by atoms with Gasteiger partial charge in [0.1, 0.15) is 0 Å². The predicted octanol–water partition coefficient (Wildman–Crippen LogP) is 4.57. The lowest BCUT2D eigenvalue weighted by Gasteiger charge is -2.26. The summed E-state index contributed by atoms with van der Waals surface area (Å²) in [4.78, 5) is 24.0. The van der Waals surface area contributed by atoms with Gasteiger partial charge in [0.2, 0.25) is 0 Å². The number of benzene rings is 1. The second-order valence-electron chi connectivity index (χ2n) is 8.39. The van der Waals surface area contributed by atoms with Crippen LogP contribution in [-0.2, 0) is 6.54 Å². The number of aromatic nitrogens is 4. The van der Waals surface area contributed by atoms with Crippen LogP contribution in [-0.4, -0.2) is 44.1 Å². The molecule has 4 aromatic rings. The lowest BCUT2D eigenvalue weighted by molar-refractivity contribution is 0.102. The molecule has 0 unspecified atom stereocenters. The van der Waals surface area contributed by atoms with Gasteiger partial charge in [-0.05, 0) is 74.3 Å². The maximum Gasteiger partial charge on any atom is 0.276 e. The first-order chi connectivity index (χ1) is 15.7. The molecule has 1 aromatic carbocycles. The molecule has 0 spiro atoms. The molecular formula is C25H26N6O. The Morgan fingerprint density at radius 2 is 1.94 bits per heavy atom. The van der Waals surface area contributed by atoms with Crippen molar-refractivity contribution < 1.29 is 4.79 Å². The molecule has 7 nitrogen and oxygen atoms in total. The van der Waals surface area contributed by atoms with Gasteiger partial charge in [-0.15, -0.1) is 0 Å². The monoisotopic (exact) mass is 426 g/mol. The van der Waals surface area contributed by atoms with E-state index in [1.807, 2.05) is 43.6 Å². The van der Waals surface area contributed by atoms with E-state index in [2.05, 4.69) is 36.4 Å². The van der Waals surface area contributed by atoms with E-state index in [9.17, 15) is 4.79 Å². The van der Waals surface area contributed by atoms with Crippen LogP contribution in [0.5, 0.6) is 0 Å². The van der Waals surface area contributed by atoms with Crippen LogP contribution >= 0.6 is 0 Å². The molecule has 1 fully saturated rings. The van der Waals surface area contributed by atoms with E-state index in [0.717, 1.165) is 47.4 Å². The second-order valence-corrected chi connectivity index (χ2v) is 8.39. The molecule has 162 valence electrons. The van der Waals surface area contributed by atoms with Gasteiger partial charge in [0.15, 0.2) is 5.69 Å². The highest BCUT2D eigenvalue weighted by atomic mass is 16.1. The summed E-state index contributed by atoms with van der Waals surface area (Å²) >= 11 is 0. The van der Waals surface area contributed by atoms with Crippen LogP contribution in [0.3, 0.4) is 0 Å². The number of fused-ring (bicyclic) bond motifs is 1. The first-order valence-corrected chi connectivity index (χ1v) is 11.0. The Kier molecular flexibility index (Phi) is 5.64. The summed E-state index contributed by atoms with van der Waals surface area (Å²) in [6.07, 6.45) is 9.37. The van der Waals surface area contributed by atoms with Gasteiger partial charge < -0.3 is 5.32 Å². The van der Waals surface area contributed by atoms with Crippen molar-refractivity contribution in [3.63, 3.8) is 0 Å². The number of hydrogen-bond acceptors (Lipinski definition) is 5.